The molecule has 12 heteroatoms. The third-order valence-electron chi connectivity index (χ3n) is 3.83. The lowest BCUT2D eigenvalue weighted by molar-refractivity contribution is -0.137. The molecular formula is C20H20F3N3O5S. The summed E-state index contributed by atoms with van der Waals surface area (Å²) in [6.07, 6.45) is -3.21. The fourth-order valence-electron chi connectivity index (χ4n) is 2.26. The number of hydrazine groups is 1. The number of hydrogen-bond acceptors (Lipinski definition) is 5. The summed E-state index contributed by atoms with van der Waals surface area (Å²) in [5, 5.41) is 0.896. The second-order valence-corrected chi connectivity index (χ2v) is 8.05. The third kappa shape index (κ3) is 8.40. The van der Waals surface area contributed by atoms with Gasteiger partial charge in [-0.1, -0.05) is 36.4 Å². The minimum Gasteiger partial charge on any atom is -0.484 e. The van der Waals surface area contributed by atoms with Crippen molar-refractivity contribution in [1.29, 1.82) is 0 Å². The van der Waals surface area contributed by atoms with Crippen LogP contribution in [0.25, 0.3) is 6.08 Å². The molecule has 0 fully saturated rings. The first kappa shape index (κ1) is 24.9. The molecule has 32 heavy (non-hydrogen) atoms. The van der Waals surface area contributed by atoms with Gasteiger partial charge in [0.1, 0.15) is 5.75 Å². The normalized spacial score (nSPS) is 12.9. The summed E-state index contributed by atoms with van der Waals surface area (Å²) in [5.41, 5.74) is 3.69. The molecule has 1 unspecified atom stereocenters. The lowest BCUT2D eigenvalue weighted by atomic mass is 10.2. The first-order chi connectivity index (χ1) is 15.0. The molecule has 0 aromatic heterocycles. The number of benzene rings is 2. The van der Waals surface area contributed by atoms with E-state index in [2.05, 4.69) is 4.72 Å². The Morgan fingerprint density at radius 2 is 1.75 bits per heavy atom. The highest BCUT2D eigenvalue weighted by atomic mass is 32.2. The summed E-state index contributed by atoms with van der Waals surface area (Å²) in [5.74, 6) is -1.92. The average Bonchev–Trinajstić information content (AvgIpc) is 2.74. The molecule has 2 amide bonds. The number of nitrogens with one attached hydrogen (secondary N) is 3. The van der Waals surface area contributed by atoms with Crippen molar-refractivity contribution < 1.29 is 35.9 Å². The molecule has 0 saturated carbocycles. The first-order valence-electron chi connectivity index (χ1n) is 9.10. The Hall–Kier alpha value is -3.38. The number of hydrogen-bond donors (Lipinski definition) is 3. The summed E-state index contributed by atoms with van der Waals surface area (Å²) >= 11 is 0. The Bertz CT molecular complexity index is 1070. The number of amides is 2. The van der Waals surface area contributed by atoms with Gasteiger partial charge in [-0.05, 0) is 36.8 Å². The van der Waals surface area contributed by atoms with Crippen molar-refractivity contribution in [3.05, 3.63) is 71.1 Å². The highest BCUT2D eigenvalue weighted by Gasteiger charge is 2.30. The number of ether oxygens (including phenoxy) is 1. The van der Waals surface area contributed by atoms with Gasteiger partial charge in [0.2, 0.25) is 10.0 Å². The maximum absolute atomic E-state index is 12.7. The van der Waals surface area contributed by atoms with E-state index in [9.17, 15) is 31.2 Å². The van der Waals surface area contributed by atoms with E-state index < -0.39 is 46.2 Å². The van der Waals surface area contributed by atoms with E-state index in [0.29, 0.717) is 5.56 Å². The van der Waals surface area contributed by atoms with Crippen LogP contribution in [0.3, 0.4) is 0 Å². The fourth-order valence-corrected chi connectivity index (χ4v) is 3.27. The first-order valence-corrected chi connectivity index (χ1v) is 10.6. The number of halogens is 3. The van der Waals surface area contributed by atoms with Gasteiger partial charge in [-0.2, -0.15) is 17.9 Å². The molecule has 2 rings (SSSR count). The molecule has 1 atom stereocenters. The minimum absolute atomic E-state index is 0.187. The van der Waals surface area contributed by atoms with Crippen LogP contribution in [-0.2, 0) is 25.8 Å². The van der Waals surface area contributed by atoms with Crippen molar-refractivity contribution in [2.24, 2.45) is 0 Å². The smallest absolute Gasteiger partial charge is 0.416 e. The lowest BCUT2D eigenvalue weighted by Crippen LogP contribution is -2.51. The topological polar surface area (TPSA) is 114 Å². The minimum atomic E-state index is -4.56. The maximum Gasteiger partial charge on any atom is 0.416 e. The standard InChI is InChI=1S/C20H20F3N3O5S/c1-14(26-32(29,30)11-10-15-6-3-2-4-7-15)19(28)25-24-18(27)13-31-17-9-5-8-16(12-17)20(21,22)23/h2-12,14,26H,13H2,1H3,(H,24,27)(H,25,28)/b11-10+. The van der Waals surface area contributed by atoms with Crippen molar-refractivity contribution >= 4 is 27.9 Å². The Labute approximate surface area is 182 Å². The van der Waals surface area contributed by atoms with Crippen LogP contribution in [0.15, 0.2) is 60.0 Å². The van der Waals surface area contributed by atoms with Crippen LogP contribution >= 0.6 is 0 Å². The van der Waals surface area contributed by atoms with Gasteiger partial charge < -0.3 is 4.74 Å². The van der Waals surface area contributed by atoms with E-state index in [1.807, 2.05) is 10.9 Å². The predicted octanol–water partition coefficient (Wildman–Crippen LogP) is 2.21. The molecule has 0 aliphatic heterocycles. The SMILES string of the molecule is CC(NS(=O)(=O)/C=C/c1ccccc1)C(=O)NNC(=O)COc1cccc(C(F)(F)F)c1. The molecule has 3 N–H and O–H groups in total. The fraction of sp³-hybridized carbons (Fsp3) is 0.200. The molecule has 0 heterocycles. The molecule has 0 aliphatic carbocycles. The number of rotatable bonds is 8. The lowest BCUT2D eigenvalue weighted by Gasteiger charge is -2.14. The van der Waals surface area contributed by atoms with Crippen molar-refractivity contribution in [2.75, 3.05) is 6.61 Å². The summed E-state index contributed by atoms with van der Waals surface area (Å²) in [6.45, 7) is 0.579. The zero-order valence-corrected chi connectivity index (χ0v) is 17.5. The Balaban J connectivity index is 1.80. The van der Waals surface area contributed by atoms with Gasteiger partial charge in [0, 0.05) is 5.41 Å². The van der Waals surface area contributed by atoms with Crippen molar-refractivity contribution in [1.82, 2.24) is 15.6 Å². The maximum atomic E-state index is 12.7. The van der Waals surface area contributed by atoms with Gasteiger partial charge in [-0.25, -0.2) is 8.42 Å². The highest BCUT2D eigenvalue weighted by Crippen LogP contribution is 2.31. The van der Waals surface area contributed by atoms with Crippen LogP contribution in [0.2, 0.25) is 0 Å². The summed E-state index contributed by atoms with van der Waals surface area (Å²) in [4.78, 5) is 23.7. The second-order valence-electron chi connectivity index (χ2n) is 6.45. The monoisotopic (exact) mass is 471 g/mol. The third-order valence-corrected chi connectivity index (χ3v) is 5.01. The van der Waals surface area contributed by atoms with E-state index in [0.717, 1.165) is 23.6 Å². The average molecular weight is 471 g/mol. The summed E-state index contributed by atoms with van der Waals surface area (Å²) in [7, 11) is -3.95. The Morgan fingerprint density at radius 3 is 2.41 bits per heavy atom. The molecule has 8 nitrogen and oxygen atoms in total. The van der Waals surface area contributed by atoms with Crippen LogP contribution in [0, 0.1) is 0 Å². The van der Waals surface area contributed by atoms with Crippen molar-refractivity contribution in [3.8, 4) is 5.75 Å². The largest absolute Gasteiger partial charge is 0.484 e. The number of carbonyl (C=O) groups is 2. The van der Waals surface area contributed by atoms with Gasteiger partial charge in [-0.3, -0.25) is 20.4 Å². The van der Waals surface area contributed by atoms with Crippen LogP contribution in [0.1, 0.15) is 18.1 Å². The zero-order chi connectivity index (χ0) is 23.8. The van der Waals surface area contributed by atoms with E-state index in [4.69, 9.17) is 4.74 Å². The van der Waals surface area contributed by atoms with Crippen LogP contribution in [0.4, 0.5) is 13.2 Å². The predicted molar refractivity (Wildman–Crippen MR) is 110 cm³/mol. The van der Waals surface area contributed by atoms with Crippen molar-refractivity contribution in [2.45, 2.75) is 19.1 Å². The quantitative estimate of drug-likeness (QED) is 0.511. The van der Waals surface area contributed by atoms with E-state index in [1.165, 1.54) is 19.1 Å². The number of carbonyl (C=O) groups excluding carboxylic acids is 2. The van der Waals surface area contributed by atoms with Gasteiger partial charge in [0.15, 0.2) is 6.61 Å². The molecule has 0 spiro atoms. The van der Waals surface area contributed by atoms with Gasteiger partial charge in [0.05, 0.1) is 11.6 Å². The van der Waals surface area contributed by atoms with Gasteiger partial charge >= 0.3 is 6.18 Å². The molecule has 172 valence electrons. The zero-order valence-electron chi connectivity index (χ0n) is 16.7. The summed E-state index contributed by atoms with van der Waals surface area (Å²) in [6, 6.07) is 11.3. The van der Waals surface area contributed by atoms with E-state index >= 15 is 0 Å². The second kappa shape index (κ2) is 10.8. The van der Waals surface area contributed by atoms with Gasteiger partial charge in [0.25, 0.3) is 11.8 Å². The Kier molecular flexibility index (Phi) is 8.38. The van der Waals surface area contributed by atoms with Crippen LogP contribution in [0.5, 0.6) is 5.75 Å². The molecule has 0 saturated heterocycles. The summed E-state index contributed by atoms with van der Waals surface area (Å²) < 4.78 is 69.2. The highest BCUT2D eigenvalue weighted by molar-refractivity contribution is 7.92. The number of sulfonamides is 1. The Morgan fingerprint density at radius 1 is 1.06 bits per heavy atom. The molecule has 2 aromatic carbocycles. The molecule has 0 aliphatic rings. The molecule has 0 radical (unpaired) electrons. The van der Waals surface area contributed by atoms with Crippen molar-refractivity contribution in [3.63, 3.8) is 0 Å². The number of alkyl halides is 3. The van der Waals surface area contributed by atoms with E-state index in [-0.39, 0.29) is 5.75 Å². The molecular weight excluding hydrogens is 451 g/mol. The van der Waals surface area contributed by atoms with Gasteiger partial charge in [-0.15, -0.1) is 0 Å². The molecule has 2 aromatic rings. The van der Waals surface area contributed by atoms with Crippen LogP contribution in [-0.4, -0.2) is 32.9 Å². The molecule has 0 bridgehead atoms. The van der Waals surface area contributed by atoms with E-state index in [1.54, 1.807) is 30.3 Å². The van der Waals surface area contributed by atoms with Crippen LogP contribution < -0.4 is 20.3 Å².